The van der Waals surface area contributed by atoms with Gasteiger partial charge in [-0.1, -0.05) is 32.6 Å². The number of ether oxygens (including phenoxy) is 1. The second kappa shape index (κ2) is 8.80. The van der Waals surface area contributed by atoms with Crippen molar-refractivity contribution in [3.8, 4) is 0 Å². The van der Waals surface area contributed by atoms with Crippen LogP contribution in [0.25, 0.3) is 0 Å². The molecular formula is C16H22F2O2. The van der Waals surface area contributed by atoms with E-state index in [9.17, 15) is 13.6 Å². The van der Waals surface area contributed by atoms with E-state index in [0.717, 1.165) is 31.4 Å². The van der Waals surface area contributed by atoms with Crippen molar-refractivity contribution in [1.82, 2.24) is 0 Å². The molecule has 0 amide bonds. The van der Waals surface area contributed by atoms with Gasteiger partial charge >= 0.3 is 0 Å². The molecule has 1 unspecified atom stereocenters. The van der Waals surface area contributed by atoms with E-state index in [1.807, 2.05) is 0 Å². The highest BCUT2D eigenvalue weighted by Crippen LogP contribution is 2.13. The highest BCUT2D eigenvalue weighted by Gasteiger charge is 2.19. The Morgan fingerprint density at radius 3 is 2.55 bits per heavy atom. The van der Waals surface area contributed by atoms with Crippen LogP contribution in [0, 0.1) is 11.6 Å². The lowest BCUT2D eigenvalue weighted by Gasteiger charge is -2.12. The Morgan fingerprint density at radius 2 is 1.90 bits per heavy atom. The summed E-state index contributed by atoms with van der Waals surface area (Å²) in [5.74, 6) is -1.98. The molecule has 2 nitrogen and oxygen atoms in total. The molecule has 0 heterocycles. The van der Waals surface area contributed by atoms with Gasteiger partial charge in [0.15, 0.2) is 5.78 Å². The molecule has 0 N–H and O–H groups in total. The predicted molar refractivity (Wildman–Crippen MR) is 74.9 cm³/mol. The molecule has 112 valence electrons. The number of Topliss-reactive ketones (excluding diaryl/α,β-unsaturated/α-hetero) is 1. The highest BCUT2D eigenvalue weighted by atomic mass is 19.1. The van der Waals surface area contributed by atoms with Crippen molar-refractivity contribution in [2.75, 3.05) is 6.61 Å². The predicted octanol–water partition coefficient (Wildman–Crippen LogP) is 4.52. The maximum Gasteiger partial charge on any atom is 0.194 e. The van der Waals surface area contributed by atoms with Gasteiger partial charge in [0.25, 0.3) is 0 Å². The number of carbonyl (C=O) groups is 1. The lowest BCUT2D eigenvalue weighted by molar-refractivity contribution is 0.0460. The van der Waals surface area contributed by atoms with Crippen molar-refractivity contribution in [3.05, 3.63) is 35.4 Å². The fourth-order valence-corrected chi connectivity index (χ4v) is 1.95. The number of benzene rings is 1. The van der Waals surface area contributed by atoms with E-state index in [1.165, 1.54) is 12.8 Å². The first-order chi connectivity index (χ1) is 9.56. The Hall–Kier alpha value is -1.29. The van der Waals surface area contributed by atoms with Crippen LogP contribution >= 0.6 is 0 Å². The Morgan fingerprint density at radius 1 is 1.20 bits per heavy atom. The summed E-state index contributed by atoms with van der Waals surface area (Å²) in [5, 5.41) is 0. The smallest absolute Gasteiger partial charge is 0.194 e. The average molecular weight is 284 g/mol. The molecule has 4 heteroatoms. The molecule has 0 aliphatic carbocycles. The van der Waals surface area contributed by atoms with Crippen LogP contribution in [-0.4, -0.2) is 18.5 Å². The molecule has 0 aromatic heterocycles. The zero-order valence-electron chi connectivity index (χ0n) is 12.1. The maximum atomic E-state index is 13.5. The third-order valence-electron chi connectivity index (χ3n) is 3.18. The molecule has 0 aliphatic rings. The SMILES string of the molecule is CCCCCCCOC(C)C(=O)c1ccc(F)cc1F. The van der Waals surface area contributed by atoms with Gasteiger partial charge in [-0.25, -0.2) is 8.78 Å². The maximum absolute atomic E-state index is 13.5. The third kappa shape index (κ3) is 5.37. The molecule has 0 radical (unpaired) electrons. The fraction of sp³-hybridized carbons (Fsp3) is 0.562. The number of halogens is 2. The summed E-state index contributed by atoms with van der Waals surface area (Å²) in [6, 6.07) is 2.95. The monoisotopic (exact) mass is 284 g/mol. The molecule has 1 rings (SSSR count). The Bertz CT molecular complexity index is 432. The standard InChI is InChI=1S/C16H22F2O2/c1-3-4-5-6-7-10-20-12(2)16(19)14-9-8-13(17)11-15(14)18/h8-9,11-12H,3-7,10H2,1-2H3. The van der Waals surface area contributed by atoms with Crippen molar-refractivity contribution < 1.29 is 18.3 Å². The van der Waals surface area contributed by atoms with Crippen molar-refractivity contribution >= 4 is 5.78 Å². The molecule has 0 bridgehead atoms. The number of carbonyl (C=O) groups excluding carboxylic acids is 1. The Kier molecular flexibility index (Phi) is 7.37. The number of hydrogen-bond acceptors (Lipinski definition) is 2. The Balaban J connectivity index is 2.39. The first kappa shape index (κ1) is 16.8. The van der Waals surface area contributed by atoms with Gasteiger partial charge in [0.1, 0.15) is 17.7 Å². The largest absolute Gasteiger partial charge is 0.370 e. The van der Waals surface area contributed by atoms with Crippen LogP contribution in [0.3, 0.4) is 0 Å². The molecule has 0 fully saturated rings. The second-order valence-corrected chi connectivity index (χ2v) is 4.92. The minimum absolute atomic E-state index is 0.120. The Labute approximate surface area is 119 Å². The molecule has 1 atom stereocenters. The molecule has 0 aliphatic heterocycles. The van der Waals surface area contributed by atoms with Gasteiger partial charge in [-0.15, -0.1) is 0 Å². The lowest BCUT2D eigenvalue weighted by atomic mass is 10.1. The first-order valence-corrected chi connectivity index (χ1v) is 7.17. The average Bonchev–Trinajstić information content (AvgIpc) is 2.41. The number of unbranched alkanes of at least 4 members (excludes halogenated alkanes) is 4. The summed E-state index contributed by atoms with van der Waals surface area (Å²) in [4.78, 5) is 12.0. The third-order valence-corrected chi connectivity index (χ3v) is 3.18. The van der Waals surface area contributed by atoms with Gasteiger partial charge in [0, 0.05) is 12.7 Å². The zero-order valence-corrected chi connectivity index (χ0v) is 12.1. The van der Waals surface area contributed by atoms with Gasteiger partial charge < -0.3 is 4.74 Å². The van der Waals surface area contributed by atoms with Crippen LogP contribution < -0.4 is 0 Å². The molecule has 0 spiro atoms. The first-order valence-electron chi connectivity index (χ1n) is 7.17. The van der Waals surface area contributed by atoms with Gasteiger partial charge in [0.2, 0.25) is 0 Å². The molecule has 0 saturated heterocycles. The summed E-state index contributed by atoms with van der Waals surface area (Å²) < 4.78 is 31.7. The van der Waals surface area contributed by atoms with E-state index in [-0.39, 0.29) is 5.56 Å². The van der Waals surface area contributed by atoms with Crippen molar-refractivity contribution in [2.24, 2.45) is 0 Å². The lowest BCUT2D eigenvalue weighted by Crippen LogP contribution is -2.22. The van der Waals surface area contributed by atoms with Gasteiger partial charge in [0.05, 0.1) is 5.56 Å². The van der Waals surface area contributed by atoms with Gasteiger partial charge in [-0.3, -0.25) is 4.79 Å². The topological polar surface area (TPSA) is 26.3 Å². The second-order valence-electron chi connectivity index (χ2n) is 4.92. The quantitative estimate of drug-likeness (QED) is 0.492. The summed E-state index contributed by atoms with van der Waals surface area (Å²) in [7, 11) is 0. The molecular weight excluding hydrogens is 262 g/mol. The van der Waals surface area contributed by atoms with Crippen LogP contribution in [0.15, 0.2) is 18.2 Å². The number of ketones is 1. The molecule has 0 saturated carbocycles. The van der Waals surface area contributed by atoms with E-state index in [4.69, 9.17) is 4.74 Å². The minimum Gasteiger partial charge on any atom is -0.370 e. The van der Waals surface area contributed by atoms with Crippen LogP contribution in [0.5, 0.6) is 0 Å². The highest BCUT2D eigenvalue weighted by molar-refractivity contribution is 5.99. The fourth-order valence-electron chi connectivity index (χ4n) is 1.95. The summed E-state index contributed by atoms with van der Waals surface area (Å²) >= 11 is 0. The van der Waals surface area contributed by atoms with Gasteiger partial charge in [-0.05, 0) is 25.5 Å². The molecule has 1 aromatic rings. The summed E-state index contributed by atoms with van der Waals surface area (Å²) in [5.41, 5.74) is -0.120. The van der Waals surface area contributed by atoms with Crippen molar-refractivity contribution in [3.63, 3.8) is 0 Å². The van der Waals surface area contributed by atoms with E-state index in [0.29, 0.717) is 12.7 Å². The molecule has 1 aromatic carbocycles. The minimum atomic E-state index is -0.839. The number of rotatable bonds is 9. The van der Waals surface area contributed by atoms with E-state index in [1.54, 1.807) is 6.92 Å². The summed E-state index contributed by atoms with van der Waals surface area (Å²) in [6.45, 7) is 4.23. The van der Waals surface area contributed by atoms with E-state index < -0.39 is 23.5 Å². The van der Waals surface area contributed by atoms with Crippen molar-refractivity contribution in [1.29, 1.82) is 0 Å². The number of hydrogen-bond donors (Lipinski definition) is 0. The van der Waals surface area contributed by atoms with E-state index >= 15 is 0 Å². The normalized spacial score (nSPS) is 12.4. The van der Waals surface area contributed by atoms with Crippen LogP contribution in [0.4, 0.5) is 8.78 Å². The molecule has 20 heavy (non-hydrogen) atoms. The van der Waals surface area contributed by atoms with Crippen LogP contribution in [0.1, 0.15) is 56.3 Å². The van der Waals surface area contributed by atoms with Crippen LogP contribution in [-0.2, 0) is 4.74 Å². The van der Waals surface area contributed by atoms with Crippen LogP contribution in [0.2, 0.25) is 0 Å². The zero-order chi connectivity index (χ0) is 15.0. The van der Waals surface area contributed by atoms with Crippen molar-refractivity contribution in [2.45, 2.75) is 52.1 Å². The van der Waals surface area contributed by atoms with Gasteiger partial charge in [-0.2, -0.15) is 0 Å². The summed E-state index contributed by atoms with van der Waals surface area (Å²) in [6.07, 6.45) is 4.80. The van der Waals surface area contributed by atoms with E-state index in [2.05, 4.69) is 6.92 Å².